The van der Waals surface area contributed by atoms with Crippen LogP contribution in [0.25, 0.3) is 11.1 Å². The van der Waals surface area contributed by atoms with Gasteiger partial charge in [0.05, 0.1) is 11.8 Å². The first-order valence-corrected chi connectivity index (χ1v) is 10.6. The van der Waals surface area contributed by atoms with Gasteiger partial charge in [0.2, 0.25) is 0 Å². The Bertz CT molecular complexity index is 927. The zero-order valence-corrected chi connectivity index (χ0v) is 18.1. The smallest absolute Gasteiger partial charge is 0.324 e. The third-order valence-electron chi connectivity index (χ3n) is 5.86. The Morgan fingerprint density at radius 3 is 2.39 bits per heavy atom. The highest BCUT2D eigenvalue weighted by molar-refractivity contribution is 5.93. The normalized spacial score (nSPS) is 18.4. The van der Waals surface area contributed by atoms with Crippen LogP contribution in [-0.4, -0.2) is 59.7 Å². The molecule has 0 atom stereocenters. The molecule has 0 unspecified atom stereocenters. The Hall–Kier alpha value is -3.00. The van der Waals surface area contributed by atoms with E-state index in [9.17, 15) is 14.7 Å². The Morgan fingerprint density at radius 2 is 1.84 bits per heavy atom. The molecule has 31 heavy (non-hydrogen) atoms. The molecular formula is C23H29FN4O3. The average Bonchev–Trinajstić information content (AvgIpc) is 2.80. The first-order valence-electron chi connectivity index (χ1n) is 10.6. The standard InChI is InChI=1S/C23H29FN4O3/c1-4-28(23(31)27(3)17-7-9-18(29)10-8-17)21-12-6-15(13-19(21)24)16-5-11-20(26-14-16)22(30)25-2/h5-6,11-14,17-18,29H,4,7-10H2,1-3H3,(H,25,30)/t17-,18+. The number of nitrogens with one attached hydrogen (secondary N) is 1. The predicted molar refractivity (Wildman–Crippen MR) is 117 cm³/mol. The molecule has 0 aliphatic heterocycles. The molecule has 1 fully saturated rings. The van der Waals surface area contributed by atoms with Gasteiger partial charge in [-0.25, -0.2) is 9.18 Å². The molecule has 1 aromatic carbocycles. The van der Waals surface area contributed by atoms with Gasteiger partial charge in [-0.3, -0.25) is 14.7 Å². The molecule has 1 saturated carbocycles. The van der Waals surface area contributed by atoms with Gasteiger partial charge in [-0.05, 0) is 56.4 Å². The van der Waals surface area contributed by atoms with Crippen molar-refractivity contribution in [1.29, 1.82) is 0 Å². The van der Waals surface area contributed by atoms with E-state index in [4.69, 9.17) is 0 Å². The van der Waals surface area contributed by atoms with E-state index in [1.54, 1.807) is 36.2 Å². The van der Waals surface area contributed by atoms with Crippen LogP contribution >= 0.6 is 0 Å². The molecule has 1 heterocycles. The summed E-state index contributed by atoms with van der Waals surface area (Å²) >= 11 is 0. The quantitative estimate of drug-likeness (QED) is 0.764. The van der Waals surface area contributed by atoms with Crippen LogP contribution in [0, 0.1) is 5.82 Å². The van der Waals surface area contributed by atoms with Crippen LogP contribution < -0.4 is 10.2 Å². The van der Waals surface area contributed by atoms with E-state index in [2.05, 4.69) is 10.3 Å². The molecule has 2 N–H and O–H groups in total. The maximum absolute atomic E-state index is 15.0. The van der Waals surface area contributed by atoms with Gasteiger partial charge in [0.25, 0.3) is 5.91 Å². The molecule has 166 valence electrons. The number of urea groups is 1. The van der Waals surface area contributed by atoms with Crippen LogP contribution in [0.4, 0.5) is 14.9 Å². The summed E-state index contributed by atoms with van der Waals surface area (Å²) in [5, 5.41) is 12.2. The molecule has 7 nitrogen and oxygen atoms in total. The number of aliphatic hydroxyl groups is 1. The highest BCUT2D eigenvalue weighted by Crippen LogP contribution is 2.29. The van der Waals surface area contributed by atoms with Crippen molar-refractivity contribution in [1.82, 2.24) is 15.2 Å². The number of hydrogen-bond acceptors (Lipinski definition) is 4. The molecule has 3 rings (SSSR count). The number of nitrogens with zero attached hydrogens (tertiary/aromatic N) is 3. The van der Waals surface area contributed by atoms with Crippen molar-refractivity contribution in [3.05, 3.63) is 48.0 Å². The highest BCUT2D eigenvalue weighted by Gasteiger charge is 2.29. The summed E-state index contributed by atoms with van der Waals surface area (Å²) in [6.07, 6.45) is 4.04. The van der Waals surface area contributed by atoms with Gasteiger partial charge < -0.3 is 15.3 Å². The number of pyridine rings is 1. The van der Waals surface area contributed by atoms with Crippen LogP contribution in [0.3, 0.4) is 0 Å². The lowest BCUT2D eigenvalue weighted by atomic mass is 9.92. The zero-order chi connectivity index (χ0) is 22.5. The van der Waals surface area contributed by atoms with E-state index in [1.807, 2.05) is 6.92 Å². The number of rotatable bonds is 5. The molecule has 0 spiro atoms. The maximum atomic E-state index is 15.0. The van der Waals surface area contributed by atoms with Gasteiger partial charge in [0.15, 0.2) is 0 Å². The molecule has 1 aromatic heterocycles. The van der Waals surface area contributed by atoms with Gasteiger partial charge >= 0.3 is 6.03 Å². The van der Waals surface area contributed by atoms with E-state index in [-0.39, 0.29) is 35.5 Å². The van der Waals surface area contributed by atoms with Crippen molar-refractivity contribution in [2.45, 2.75) is 44.8 Å². The summed E-state index contributed by atoms with van der Waals surface area (Å²) in [7, 11) is 3.27. The van der Waals surface area contributed by atoms with Crippen LogP contribution in [-0.2, 0) is 0 Å². The van der Waals surface area contributed by atoms with Gasteiger partial charge in [-0.2, -0.15) is 0 Å². The van der Waals surface area contributed by atoms with Gasteiger partial charge in [0, 0.05) is 38.4 Å². The fourth-order valence-electron chi connectivity index (χ4n) is 3.93. The van der Waals surface area contributed by atoms with Crippen molar-refractivity contribution >= 4 is 17.6 Å². The predicted octanol–water partition coefficient (Wildman–Crippen LogP) is 3.43. The number of carbonyl (C=O) groups is 2. The Labute approximate surface area is 181 Å². The topological polar surface area (TPSA) is 85.8 Å². The molecule has 0 saturated heterocycles. The number of carbonyl (C=O) groups excluding carboxylic acids is 2. The SMILES string of the molecule is CCN(C(=O)N(C)[C@H]1CC[C@@H](O)CC1)c1ccc(-c2ccc(C(=O)NC)nc2)cc1F. The third kappa shape index (κ3) is 5.02. The van der Waals surface area contributed by atoms with Gasteiger partial charge in [-0.1, -0.05) is 12.1 Å². The molecule has 1 aliphatic carbocycles. The Morgan fingerprint density at radius 1 is 1.16 bits per heavy atom. The van der Waals surface area contributed by atoms with E-state index < -0.39 is 5.82 Å². The number of aliphatic hydroxyl groups excluding tert-OH is 1. The van der Waals surface area contributed by atoms with Crippen molar-refractivity contribution in [2.75, 3.05) is 25.5 Å². The average molecular weight is 429 g/mol. The number of halogens is 1. The second-order valence-electron chi connectivity index (χ2n) is 7.78. The first kappa shape index (κ1) is 22.7. The zero-order valence-electron chi connectivity index (χ0n) is 18.1. The van der Waals surface area contributed by atoms with Crippen LogP contribution in [0.1, 0.15) is 43.1 Å². The third-order valence-corrected chi connectivity index (χ3v) is 5.86. The fourth-order valence-corrected chi connectivity index (χ4v) is 3.93. The largest absolute Gasteiger partial charge is 0.393 e. The lowest BCUT2D eigenvalue weighted by molar-refractivity contribution is 0.0931. The van der Waals surface area contributed by atoms with Crippen LogP contribution in [0.2, 0.25) is 0 Å². The summed E-state index contributed by atoms with van der Waals surface area (Å²) in [4.78, 5) is 31.9. The summed E-state index contributed by atoms with van der Waals surface area (Å²) in [6, 6.07) is 7.78. The van der Waals surface area contributed by atoms with Gasteiger partial charge in [-0.15, -0.1) is 0 Å². The molecule has 1 aliphatic rings. The van der Waals surface area contributed by atoms with Crippen LogP contribution in [0.5, 0.6) is 0 Å². The fraction of sp³-hybridized carbons (Fsp3) is 0.435. The minimum atomic E-state index is -0.504. The van der Waals surface area contributed by atoms with Crippen LogP contribution in [0.15, 0.2) is 36.5 Å². The van der Waals surface area contributed by atoms with Gasteiger partial charge in [0.1, 0.15) is 11.5 Å². The molecule has 3 amide bonds. The summed E-state index contributed by atoms with van der Waals surface area (Å²) in [5.74, 6) is -0.794. The van der Waals surface area contributed by atoms with E-state index >= 15 is 4.39 Å². The number of anilines is 1. The second-order valence-corrected chi connectivity index (χ2v) is 7.78. The van der Waals surface area contributed by atoms with Crippen molar-refractivity contribution in [3.8, 4) is 11.1 Å². The van der Waals surface area contributed by atoms with Crippen molar-refractivity contribution in [2.24, 2.45) is 0 Å². The molecule has 8 heteroatoms. The number of hydrogen-bond donors (Lipinski definition) is 2. The van der Waals surface area contributed by atoms with E-state index in [0.29, 0.717) is 30.5 Å². The molecule has 2 aromatic rings. The van der Waals surface area contributed by atoms with E-state index in [1.165, 1.54) is 24.2 Å². The minimum absolute atomic E-state index is 0.0391. The summed E-state index contributed by atoms with van der Waals surface area (Å²) in [6.45, 7) is 2.14. The first-order chi connectivity index (χ1) is 14.8. The monoisotopic (exact) mass is 428 g/mol. The Kier molecular flexibility index (Phi) is 7.22. The lowest BCUT2D eigenvalue weighted by Gasteiger charge is -2.36. The number of aromatic nitrogens is 1. The number of amides is 3. The van der Waals surface area contributed by atoms with E-state index in [0.717, 1.165) is 12.8 Å². The molecule has 0 radical (unpaired) electrons. The summed E-state index contributed by atoms with van der Waals surface area (Å²) in [5.41, 5.74) is 1.78. The molecular weight excluding hydrogens is 399 g/mol. The molecule has 0 bridgehead atoms. The summed E-state index contributed by atoms with van der Waals surface area (Å²) < 4.78 is 15.0. The van der Waals surface area contributed by atoms with Crippen molar-refractivity contribution in [3.63, 3.8) is 0 Å². The maximum Gasteiger partial charge on any atom is 0.324 e. The number of benzene rings is 1. The minimum Gasteiger partial charge on any atom is -0.393 e. The Balaban J connectivity index is 1.78. The highest BCUT2D eigenvalue weighted by atomic mass is 19.1. The second kappa shape index (κ2) is 9.87. The lowest BCUT2D eigenvalue weighted by Crippen LogP contribution is -2.47. The van der Waals surface area contributed by atoms with Crippen molar-refractivity contribution < 1.29 is 19.1 Å².